The van der Waals surface area contributed by atoms with Crippen molar-refractivity contribution < 1.29 is 24.1 Å². The van der Waals surface area contributed by atoms with Gasteiger partial charge in [0.25, 0.3) is 0 Å². The summed E-state index contributed by atoms with van der Waals surface area (Å²) in [4.78, 5) is 2.15. The van der Waals surface area contributed by atoms with Gasteiger partial charge in [0, 0.05) is 33.4 Å². The Morgan fingerprint density at radius 1 is 0.972 bits per heavy atom. The number of methoxy groups -OCH3 is 2. The molecule has 3 rings (SSSR count). The topological polar surface area (TPSA) is 78.2 Å². The highest BCUT2D eigenvalue weighted by atomic mass is 16.5. The van der Waals surface area contributed by atoms with Crippen LogP contribution in [-0.2, 0) is 16.0 Å². The van der Waals surface area contributed by atoms with Crippen molar-refractivity contribution in [2.24, 2.45) is 5.92 Å². The molecule has 0 spiro atoms. The van der Waals surface area contributed by atoms with E-state index < -0.39 is 6.10 Å². The number of nitrogens with zero attached hydrogens (tertiary/aromatic N) is 3. The van der Waals surface area contributed by atoms with Gasteiger partial charge in [0.1, 0.15) is 11.5 Å². The van der Waals surface area contributed by atoms with E-state index >= 15 is 0 Å². The molecule has 0 saturated heterocycles. The van der Waals surface area contributed by atoms with Crippen molar-refractivity contribution in [2.75, 3.05) is 47.1 Å². The Balaban J connectivity index is 1.88. The van der Waals surface area contributed by atoms with Crippen LogP contribution in [0.3, 0.4) is 0 Å². The number of hydrogen-bond acceptors (Lipinski definition) is 7. The number of aliphatic hydroxyl groups excluding tert-OH is 1. The number of ether oxygens (including phenoxy) is 4. The number of aryl methyl sites for hydroxylation is 1. The second kappa shape index (κ2) is 14.0. The zero-order chi connectivity index (χ0) is 25.9. The molecule has 1 heterocycles. The predicted molar refractivity (Wildman–Crippen MR) is 140 cm³/mol. The van der Waals surface area contributed by atoms with Gasteiger partial charge in [-0.25, -0.2) is 4.68 Å². The maximum Gasteiger partial charge on any atom is 0.227 e. The van der Waals surface area contributed by atoms with Gasteiger partial charge < -0.3 is 24.1 Å². The second-order valence-electron chi connectivity index (χ2n) is 9.21. The molecule has 0 aliphatic carbocycles. The standard InChI is InChI=1S/C28H39N3O5/c1-21(2)19-35-20-24(32)17-30(15-16-33-4)18-27-22(3)29-31(23-9-7-6-8-10-23)28(27)36-26-13-11-25(34-5)12-14-26/h6-14,21,24,32H,15-20H2,1-5H3. The molecule has 0 radical (unpaired) electrons. The summed E-state index contributed by atoms with van der Waals surface area (Å²) in [6.07, 6.45) is -0.615. The van der Waals surface area contributed by atoms with Crippen LogP contribution < -0.4 is 9.47 Å². The molecule has 0 aliphatic heterocycles. The number of hydrogen-bond donors (Lipinski definition) is 1. The highest BCUT2D eigenvalue weighted by molar-refractivity contribution is 5.44. The fourth-order valence-corrected chi connectivity index (χ4v) is 3.79. The van der Waals surface area contributed by atoms with Crippen molar-refractivity contribution in [2.45, 2.75) is 33.4 Å². The van der Waals surface area contributed by atoms with Crippen LogP contribution in [0.25, 0.3) is 5.69 Å². The van der Waals surface area contributed by atoms with E-state index in [1.54, 1.807) is 14.2 Å². The summed E-state index contributed by atoms with van der Waals surface area (Å²) < 4.78 is 24.5. The first-order valence-corrected chi connectivity index (χ1v) is 12.3. The fraction of sp³-hybridized carbons (Fsp3) is 0.464. The van der Waals surface area contributed by atoms with Crippen LogP contribution in [0, 0.1) is 12.8 Å². The Morgan fingerprint density at radius 2 is 1.67 bits per heavy atom. The number of benzene rings is 2. The Bertz CT molecular complexity index is 1040. The summed E-state index contributed by atoms with van der Waals surface area (Å²) in [5, 5.41) is 15.5. The molecular weight excluding hydrogens is 458 g/mol. The van der Waals surface area contributed by atoms with E-state index in [1.807, 2.05) is 66.2 Å². The molecule has 0 bridgehead atoms. The van der Waals surface area contributed by atoms with Gasteiger partial charge in [-0.2, -0.15) is 5.10 Å². The first-order chi connectivity index (χ1) is 17.4. The van der Waals surface area contributed by atoms with E-state index in [0.29, 0.717) is 57.0 Å². The molecule has 1 aromatic heterocycles. The molecule has 2 aromatic carbocycles. The fourth-order valence-electron chi connectivity index (χ4n) is 3.79. The molecule has 0 amide bonds. The largest absolute Gasteiger partial charge is 0.497 e. The van der Waals surface area contributed by atoms with Crippen LogP contribution in [0.15, 0.2) is 54.6 Å². The van der Waals surface area contributed by atoms with Gasteiger partial charge in [-0.1, -0.05) is 32.0 Å². The minimum absolute atomic E-state index is 0.291. The lowest BCUT2D eigenvalue weighted by Gasteiger charge is -2.25. The molecule has 1 atom stereocenters. The normalized spacial score (nSPS) is 12.3. The number of rotatable bonds is 15. The van der Waals surface area contributed by atoms with E-state index in [2.05, 4.69) is 18.7 Å². The maximum absolute atomic E-state index is 10.6. The van der Waals surface area contributed by atoms with Crippen molar-refractivity contribution in [3.63, 3.8) is 0 Å². The molecule has 0 fully saturated rings. The molecule has 3 aromatic rings. The van der Waals surface area contributed by atoms with Crippen molar-refractivity contribution >= 4 is 0 Å². The zero-order valence-corrected chi connectivity index (χ0v) is 22.0. The van der Waals surface area contributed by atoms with E-state index in [4.69, 9.17) is 24.0 Å². The van der Waals surface area contributed by atoms with E-state index in [9.17, 15) is 5.11 Å². The summed E-state index contributed by atoms with van der Waals surface area (Å²) in [7, 11) is 3.32. The van der Waals surface area contributed by atoms with Gasteiger partial charge >= 0.3 is 0 Å². The third-order valence-electron chi connectivity index (χ3n) is 5.64. The third kappa shape index (κ3) is 8.06. The quantitative estimate of drug-likeness (QED) is 0.332. The first kappa shape index (κ1) is 27.7. The van der Waals surface area contributed by atoms with Gasteiger partial charge in [-0.05, 0) is 49.2 Å². The lowest BCUT2D eigenvalue weighted by molar-refractivity contribution is 0.00324. The highest BCUT2D eigenvalue weighted by Gasteiger charge is 2.23. The minimum atomic E-state index is -0.615. The van der Waals surface area contributed by atoms with Crippen LogP contribution >= 0.6 is 0 Å². The zero-order valence-electron chi connectivity index (χ0n) is 22.0. The second-order valence-corrected chi connectivity index (χ2v) is 9.21. The van der Waals surface area contributed by atoms with Gasteiger partial charge in [-0.3, -0.25) is 4.90 Å². The van der Waals surface area contributed by atoms with E-state index in [0.717, 1.165) is 22.7 Å². The molecule has 8 heteroatoms. The summed E-state index contributed by atoms with van der Waals surface area (Å²) in [5.74, 6) is 2.50. The SMILES string of the molecule is COCCN(Cc1c(C)nn(-c2ccccc2)c1Oc1ccc(OC)cc1)CC(O)COCC(C)C. The molecular formula is C28H39N3O5. The lowest BCUT2D eigenvalue weighted by atomic mass is 10.2. The number of aliphatic hydroxyl groups is 1. The van der Waals surface area contributed by atoms with Gasteiger partial charge in [-0.15, -0.1) is 0 Å². The first-order valence-electron chi connectivity index (χ1n) is 12.3. The van der Waals surface area contributed by atoms with E-state index in [1.165, 1.54) is 0 Å². The molecule has 8 nitrogen and oxygen atoms in total. The van der Waals surface area contributed by atoms with Crippen LogP contribution in [-0.4, -0.2) is 73.0 Å². The predicted octanol–water partition coefficient (Wildman–Crippen LogP) is 4.46. The molecule has 196 valence electrons. The lowest BCUT2D eigenvalue weighted by Crippen LogP contribution is -2.37. The molecule has 1 N–H and O–H groups in total. The van der Waals surface area contributed by atoms with Gasteiger partial charge in [0.05, 0.1) is 43.4 Å². The summed E-state index contributed by atoms with van der Waals surface area (Å²) >= 11 is 0. The van der Waals surface area contributed by atoms with Crippen molar-refractivity contribution in [3.8, 4) is 23.1 Å². The molecule has 36 heavy (non-hydrogen) atoms. The molecule has 1 unspecified atom stereocenters. The molecule has 0 saturated carbocycles. The Labute approximate surface area is 214 Å². The van der Waals surface area contributed by atoms with Gasteiger partial charge in [0.15, 0.2) is 0 Å². The van der Waals surface area contributed by atoms with Gasteiger partial charge in [0.2, 0.25) is 5.88 Å². The number of para-hydroxylation sites is 1. The number of aromatic nitrogens is 2. The Morgan fingerprint density at radius 3 is 2.31 bits per heavy atom. The third-order valence-corrected chi connectivity index (χ3v) is 5.64. The molecule has 0 aliphatic rings. The van der Waals surface area contributed by atoms with Crippen molar-refractivity contribution in [1.29, 1.82) is 0 Å². The smallest absolute Gasteiger partial charge is 0.227 e. The van der Waals surface area contributed by atoms with Crippen LogP contribution in [0.1, 0.15) is 25.1 Å². The highest BCUT2D eigenvalue weighted by Crippen LogP contribution is 2.32. The summed E-state index contributed by atoms with van der Waals surface area (Å²) in [5.41, 5.74) is 2.71. The van der Waals surface area contributed by atoms with Crippen LogP contribution in [0.5, 0.6) is 17.4 Å². The summed E-state index contributed by atoms with van der Waals surface area (Å²) in [6.45, 7) is 9.25. The van der Waals surface area contributed by atoms with Crippen molar-refractivity contribution in [1.82, 2.24) is 14.7 Å². The monoisotopic (exact) mass is 497 g/mol. The minimum Gasteiger partial charge on any atom is -0.497 e. The maximum atomic E-state index is 10.6. The average Bonchev–Trinajstić information content (AvgIpc) is 3.17. The van der Waals surface area contributed by atoms with Crippen LogP contribution in [0.4, 0.5) is 0 Å². The van der Waals surface area contributed by atoms with Crippen LogP contribution in [0.2, 0.25) is 0 Å². The van der Waals surface area contributed by atoms with Crippen molar-refractivity contribution in [3.05, 3.63) is 65.9 Å². The Kier molecular flexibility index (Phi) is 10.8. The van der Waals surface area contributed by atoms with E-state index in [-0.39, 0.29) is 0 Å². The Hall–Kier alpha value is -2.91. The average molecular weight is 498 g/mol. The summed E-state index contributed by atoms with van der Waals surface area (Å²) in [6, 6.07) is 17.4.